The molecule has 0 radical (unpaired) electrons. The molecule has 0 N–H and O–H groups in total. The van der Waals surface area contributed by atoms with E-state index in [0.717, 1.165) is 22.6 Å². The van der Waals surface area contributed by atoms with Gasteiger partial charge in [-0.1, -0.05) is 35.3 Å². The maximum Gasteiger partial charge on any atom is 0.156 e. The van der Waals surface area contributed by atoms with Crippen molar-refractivity contribution < 1.29 is 0 Å². The first kappa shape index (κ1) is 11.6. The number of aromatic nitrogens is 2. The Morgan fingerprint density at radius 1 is 1.11 bits per heavy atom. The molecule has 2 aromatic heterocycles. The van der Waals surface area contributed by atoms with Crippen molar-refractivity contribution in [1.29, 1.82) is 0 Å². The van der Waals surface area contributed by atoms with Crippen LogP contribution in [0.5, 0.6) is 0 Å². The molecule has 0 spiro atoms. The summed E-state index contributed by atoms with van der Waals surface area (Å²) in [4.78, 5) is 4.51. The number of imidazole rings is 1. The van der Waals surface area contributed by atoms with Gasteiger partial charge in [-0.3, -0.25) is 4.40 Å². The standard InChI is InChI=1S/C14H10Cl2N2/c1-9-13(10-4-2-5-11(15)8-10)18-7-3-6-12(16)14(18)17-9/h2-8H,1H3. The highest BCUT2D eigenvalue weighted by Gasteiger charge is 2.12. The molecule has 0 aliphatic heterocycles. The molecule has 0 bridgehead atoms. The molecular weight excluding hydrogens is 267 g/mol. The number of aryl methyl sites for hydroxylation is 1. The van der Waals surface area contributed by atoms with Crippen LogP contribution in [-0.4, -0.2) is 9.38 Å². The van der Waals surface area contributed by atoms with Crippen LogP contribution in [0.2, 0.25) is 10.0 Å². The van der Waals surface area contributed by atoms with Gasteiger partial charge < -0.3 is 0 Å². The van der Waals surface area contributed by atoms with Crippen LogP contribution >= 0.6 is 23.2 Å². The Balaban J connectivity index is 2.36. The highest BCUT2D eigenvalue weighted by molar-refractivity contribution is 6.33. The van der Waals surface area contributed by atoms with E-state index >= 15 is 0 Å². The van der Waals surface area contributed by atoms with Crippen molar-refractivity contribution in [3.05, 3.63) is 58.3 Å². The lowest BCUT2D eigenvalue weighted by Gasteiger charge is -2.04. The summed E-state index contributed by atoms with van der Waals surface area (Å²) in [6.07, 6.45) is 1.96. The van der Waals surface area contributed by atoms with Crippen molar-refractivity contribution in [1.82, 2.24) is 9.38 Å². The minimum Gasteiger partial charge on any atom is -0.298 e. The molecule has 3 aromatic rings. The summed E-state index contributed by atoms with van der Waals surface area (Å²) < 4.78 is 1.99. The van der Waals surface area contributed by atoms with Gasteiger partial charge in [-0.2, -0.15) is 0 Å². The third-order valence-corrected chi connectivity index (χ3v) is 3.40. The highest BCUT2D eigenvalue weighted by Crippen LogP contribution is 2.29. The van der Waals surface area contributed by atoms with E-state index < -0.39 is 0 Å². The van der Waals surface area contributed by atoms with Crippen LogP contribution in [0.1, 0.15) is 5.69 Å². The Kier molecular flexibility index (Phi) is 2.77. The van der Waals surface area contributed by atoms with Gasteiger partial charge in [0.1, 0.15) is 0 Å². The SMILES string of the molecule is Cc1nc2c(Cl)cccn2c1-c1cccc(Cl)c1. The van der Waals surface area contributed by atoms with Crippen molar-refractivity contribution in [2.75, 3.05) is 0 Å². The summed E-state index contributed by atoms with van der Waals surface area (Å²) >= 11 is 12.2. The van der Waals surface area contributed by atoms with Gasteiger partial charge in [-0.05, 0) is 31.2 Å². The number of fused-ring (bicyclic) bond motifs is 1. The summed E-state index contributed by atoms with van der Waals surface area (Å²) in [5, 5.41) is 1.36. The highest BCUT2D eigenvalue weighted by atomic mass is 35.5. The predicted molar refractivity (Wildman–Crippen MR) is 75.4 cm³/mol. The van der Waals surface area contributed by atoms with E-state index in [1.165, 1.54) is 0 Å². The van der Waals surface area contributed by atoms with Gasteiger partial charge in [-0.25, -0.2) is 4.98 Å². The van der Waals surface area contributed by atoms with Crippen molar-refractivity contribution >= 4 is 28.8 Å². The Labute approximate surface area is 115 Å². The number of hydrogen-bond acceptors (Lipinski definition) is 1. The summed E-state index contributed by atoms with van der Waals surface area (Å²) in [6.45, 7) is 1.97. The molecule has 0 aliphatic carbocycles. The normalized spacial score (nSPS) is 11.1. The summed E-state index contributed by atoms with van der Waals surface area (Å²) in [5.74, 6) is 0. The summed E-state index contributed by atoms with van der Waals surface area (Å²) in [7, 11) is 0. The summed E-state index contributed by atoms with van der Waals surface area (Å²) in [6, 6.07) is 11.5. The third-order valence-electron chi connectivity index (χ3n) is 2.87. The van der Waals surface area contributed by atoms with Crippen LogP contribution in [0, 0.1) is 6.92 Å². The van der Waals surface area contributed by atoms with E-state index in [4.69, 9.17) is 23.2 Å². The van der Waals surface area contributed by atoms with E-state index in [-0.39, 0.29) is 0 Å². The maximum absolute atomic E-state index is 6.15. The molecule has 4 heteroatoms. The minimum absolute atomic E-state index is 0.647. The van der Waals surface area contributed by atoms with Crippen molar-refractivity contribution in [2.45, 2.75) is 6.92 Å². The van der Waals surface area contributed by atoms with Gasteiger partial charge in [0.15, 0.2) is 5.65 Å². The Hall–Kier alpha value is -1.51. The molecule has 3 rings (SSSR count). The topological polar surface area (TPSA) is 17.3 Å². The fourth-order valence-corrected chi connectivity index (χ4v) is 2.53. The van der Waals surface area contributed by atoms with Gasteiger partial charge >= 0.3 is 0 Å². The second-order valence-corrected chi connectivity index (χ2v) is 4.95. The second-order valence-electron chi connectivity index (χ2n) is 4.11. The van der Waals surface area contributed by atoms with Crippen LogP contribution in [0.15, 0.2) is 42.6 Å². The minimum atomic E-state index is 0.647. The zero-order chi connectivity index (χ0) is 12.7. The van der Waals surface area contributed by atoms with Gasteiger partial charge in [-0.15, -0.1) is 0 Å². The molecule has 2 nitrogen and oxygen atoms in total. The van der Waals surface area contributed by atoms with E-state index in [1.807, 2.05) is 53.9 Å². The predicted octanol–water partition coefficient (Wildman–Crippen LogP) is 4.62. The zero-order valence-electron chi connectivity index (χ0n) is 9.69. The molecule has 0 fully saturated rings. The quantitative estimate of drug-likeness (QED) is 0.634. The molecule has 0 atom stereocenters. The van der Waals surface area contributed by atoms with E-state index in [9.17, 15) is 0 Å². The van der Waals surface area contributed by atoms with Gasteiger partial charge in [0.05, 0.1) is 16.4 Å². The molecule has 18 heavy (non-hydrogen) atoms. The first-order valence-corrected chi connectivity index (χ1v) is 6.31. The van der Waals surface area contributed by atoms with E-state index in [0.29, 0.717) is 10.0 Å². The first-order chi connectivity index (χ1) is 8.66. The monoisotopic (exact) mass is 276 g/mol. The number of rotatable bonds is 1. The zero-order valence-corrected chi connectivity index (χ0v) is 11.2. The second kappa shape index (κ2) is 4.30. The van der Waals surface area contributed by atoms with Crippen LogP contribution in [0.4, 0.5) is 0 Å². The van der Waals surface area contributed by atoms with E-state index in [1.54, 1.807) is 0 Å². The van der Waals surface area contributed by atoms with Crippen molar-refractivity contribution in [3.8, 4) is 11.3 Å². The molecule has 0 aliphatic rings. The molecular formula is C14H10Cl2N2. The third kappa shape index (κ3) is 1.78. The molecule has 2 heterocycles. The van der Waals surface area contributed by atoms with Gasteiger partial charge in [0.2, 0.25) is 0 Å². The number of halogens is 2. The fourth-order valence-electron chi connectivity index (χ4n) is 2.13. The number of nitrogens with zero attached hydrogens (tertiary/aromatic N) is 2. The maximum atomic E-state index is 6.15. The largest absolute Gasteiger partial charge is 0.298 e. The first-order valence-electron chi connectivity index (χ1n) is 5.56. The smallest absolute Gasteiger partial charge is 0.156 e. The molecule has 90 valence electrons. The van der Waals surface area contributed by atoms with Gasteiger partial charge in [0, 0.05) is 16.8 Å². The Morgan fingerprint density at radius 3 is 2.72 bits per heavy atom. The number of benzene rings is 1. The Morgan fingerprint density at radius 2 is 1.94 bits per heavy atom. The lowest BCUT2D eigenvalue weighted by Crippen LogP contribution is -1.89. The van der Waals surface area contributed by atoms with Crippen molar-refractivity contribution in [2.24, 2.45) is 0 Å². The van der Waals surface area contributed by atoms with Crippen LogP contribution in [-0.2, 0) is 0 Å². The van der Waals surface area contributed by atoms with Crippen LogP contribution in [0.25, 0.3) is 16.9 Å². The average molecular weight is 277 g/mol. The van der Waals surface area contributed by atoms with Crippen molar-refractivity contribution in [3.63, 3.8) is 0 Å². The van der Waals surface area contributed by atoms with Crippen LogP contribution < -0.4 is 0 Å². The van der Waals surface area contributed by atoms with Crippen LogP contribution in [0.3, 0.4) is 0 Å². The lowest BCUT2D eigenvalue weighted by atomic mass is 10.1. The fraction of sp³-hybridized carbons (Fsp3) is 0.0714. The molecule has 0 saturated heterocycles. The Bertz CT molecular complexity index is 732. The van der Waals surface area contributed by atoms with E-state index in [2.05, 4.69) is 4.98 Å². The lowest BCUT2D eigenvalue weighted by molar-refractivity contribution is 1.19. The average Bonchev–Trinajstić information content (AvgIpc) is 2.67. The number of hydrogen-bond donors (Lipinski definition) is 0. The summed E-state index contributed by atoms with van der Waals surface area (Å²) in [5.41, 5.74) is 3.77. The molecule has 1 aromatic carbocycles. The number of pyridine rings is 1. The van der Waals surface area contributed by atoms with Gasteiger partial charge in [0.25, 0.3) is 0 Å². The molecule has 0 unspecified atom stereocenters. The molecule has 0 saturated carbocycles. The molecule has 0 amide bonds.